The molecule has 0 aliphatic rings. The summed E-state index contributed by atoms with van der Waals surface area (Å²) < 4.78 is 26.1. The van der Waals surface area contributed by atoms with Crippen molar-refractivity contribution in [1.82, 2.24) is 0 Å². The van der Waals surface area contributed by atoms with Crippen LogP contribution < -0.4 is 11.1 Å². The van der Waals surface area contributed by atoms with Crippen LogP contribution in [0.1, 0.15) is 10.4 Å². The molecule has 4 N–H and O–H groups in total. The highest BCUT2D eigenvalue weighted by Gasteiger charge is 2.16. The van der Waals surface area contributed by atoms with Gasteiger partial charge >= 0.3 is 6.09 Å². The van der Waals surface area contributed by atoms with Gasteiger partial charge in [0.25, 0.3) is 5.91 Å². The molecule has 0 spiro atoms. The molecule has 0 fully saturated rings. The molecule has 0 heterocycles. The molecule has 0 aliphatic carbocycles. The Kier molecular flexibility index (Phi) is 2.84. The number of hydrogen-bond donors (Lipinski definition) is 3. The first kappa shape index (κ1) is 10.9. The third-order valence-corrected chi connectivity index (χ3v) is 1.54. The third-order valence-electron chi connectivity index (χ3n) is 1.54. The van der Waals surface area contributed by atoms with E-state index in [1.807, 2.05) is 0 Å². The number of carboxylic acid groups (broad SMARTS) is 1. The van der Waals surface area contributed by atoms with E-state index in [0.717, 1.165) is 0 Å². The van der Waals surface area contributed by atoms with Gasteiger partial charge in [0.2, 0.25) is 0 Å². The Bertz CT molecular complexity index is 411. The zero-order valence-corrected chi connectivity index (χ0v) is 7.25. The van der Waals surface area contributed by atoms with Crippen LogP contribution in [0, 0.1) is 11.6 Å². The van der Waals surface area contributed by atoms with Crippen LogP contribution in [-0.2, 0) is 0 Å². The van der Waals surface area contributed by atoms with Gasteiger partial charge in [-0.25, -0.2) is 13.6 Å². The lowest BCUT2D eigenvalue weighted by Crippen LogP contribution is -2.16. The summed E-state index contributed by atoms with van der Waals surface area (Å²) in [6, 6.07) is 1.33. The maximum atomic E-state index is 13.0. The quantitative estimate of drug-likeness (QED) is 0.692. The number of hydrogen-bond acceptors (Lipinski definition) is 2. The predicted octanol–water partition coefficient (Wildman–Crippen LogP) is 1.15. The van der Waals surface area contributed by atoms with E-state index in [-0.39, 0.29) is 5.69 Å². The van der Waals surface area contributed by atoms with E-state index in [0.29, 0.717) is 12.1 Å². The standard InChI is InChI=1S/C8H6F2N2O3/c9-4-1-3(12-8(14)15)2-5(10)6(4)7(11)13/h1-2,12H,(H2,11,13)(H,14,15). The van der Waals surface area contributed by atoms with E-state index in [4.69, 9.17) is 10.8 Å². The van der Waals surface area contributed by atoms with Crippen LogP contribution in [0.15, 0.2) is 12.1 Å². The van der Waals surface area contributed by atoms with E-state index < -0.39 is 29.2 Å². The number of amides is 2. The molecule has 2 amide bonds. The molecule has 0 atom stereocenters. The van der Waals surface area contributed by atoms with Crippen molar-refractivity contribution in [2.75, 3.05) is 5.32 Å². The summed E-state index contributed by atoms with van der Waals surface area (Å²) in [6.45, 7) is 0. The molecule has 0 unspecified atom stereocenters. The summed E-state index contributed by atoms with van der Waals surface area (Å²) in [5.74, 6) is -3.69. The molecule has 80 valence electrons. The molecule has 0 saturated heterocycles. The second-order valence-electron chi connectivity index (χ2n) is 2.61. The largest absolute Gasteiger partial charge is 0.465 e. The van der Waals surface area contributed by atoms with Crippen molar-refractivity contribution in [2.45, 2.75) is 0 Å². The van der Waals surface area contributed by atoms with Crippen LogP contribution in [0.5, 0.6) is 0 Å². The van der Waals surface area contributed by atoms with Crippen LogP contribution in [0.3, 0.4) is 0 Å². The molecular weight excluding hydrogens is 210 g/mol. The summed E-state index contributed by atoms with van der Waals surface area (Å²) in [7, 11) is 0. The maximum Gasteiger partial charge on any atom is 0.409 e. The normalized spacial score (nSPS) is 9.73. The van der Waals surface area contributed by atoms with Gasteiger partial charge in [-0.1, -0.05) is 0 Å². The smallest absolute Gasteiger partial charge is 0.409 e. The van der Waals surface area contributed by atoms with Gasteiger partial charge in [-0.15, -0.1) is 0 Å². The Labute approximate surface area is 82.5 Å². The van der Waals surface area contributed by atoms with E-state index in [9.17, 15) is 18.4 Å². The van der Waals surface area contributed by atoms with Crippen LogP contribution >= 0.6 is 0 Å². The van der Waals surface area contributed by atoms with E-state index in [1.165, 1.54) is 0 Å². The van der Waals surface area contributed by atoms with Gasteiger partial charge in [0, 0.05) is 5.69 Å². The second-order valence-corrected chi connectivity index (χ2v) is 2.61. The molecule has 0 saturated carbocycles. The molecule has 1 aromatic rings. The van der Waals surface area contributed by atoms with Gasteiger partial charge in [-0.3, -0.25) is 10.1 Å². The molecule has 0 aliphatic heterocycles. The minimum atomic E-state index is -1.47. The molecule has 15 heavy (non-hydrogen) atoms. The van der Waals surface area contributed by atoms with Gasteiger partial charge in [0.1, 0.15) is 17.2 Å². The van der Waals surface area contributed by atoms with E-state index in [1.54, 1.807) is 5.32 Å². The first-order valence-corrected chi connectivity index (χ1v) is 3.70. The van der Waals surface area contributed by atoms with Crippen molar-refractivity contribution in [1.29, 1.82) is 0 Å². The number of rotatable bonds is 2. The summed E-state index contributed by atoms with van der Waals surface area (Å²) >= 11 is 0. The summed E-state index contributed by atoms with van der Waals surface area (Å²) in [6.07, 6.45) is -1.47. The highest BCUT2D eigenvalue weighted by atomic mass is 19.1. The zero-order chi connectivity index (χ0) is 11.6. The number of nitrogens with two attached hydrogens (primary N) is 1. The number of carbonyl (C=O) groups excluding carboxylic acids is 1. The fourth-order valence-electron chi connectivity index (χ4n) is 1.00. The number of anilines is 1. The summed E-state index contributed by atoms with van der Waals surface area (Å²) in [5, 5.41) is 10.0. The van der Waals surface area contributed by atoms with Crippen molar-refractivity contribution in [3.05, 3.63) is 29.3 Å². The van der Waals surface area contributed by atoms with Crippen LogP contribution in [0.2, 0.25) is 0 Å². The molecule has 1 aromatic carbocycles. The number of halogens is 2. The number of benzene rings is 1. The van der Waals surface area contributed by atoms with Crippen molar-refractivity contribution < 1.29 is 23.5 Å². The molecular formula is C8H6F2N2O3. The highest BCUT2D eigenvalue weighted by Crippen LogP contribution is 2.18. The lowest BCUT2D eigenvalue weighted by Gasteiger charge is -2.04. The Balaban J connectivity index is 3.19. The van der Waals surface area contributed by atoms with Crippen molar-refractivity contribution in [3.63, 3.8) is 0 Å². The minimum absolute atomic E-state index is 0.317. The fourth-order valence-corrected chi connectivity index (χ4v) is 1.00. The topological polar surface area (TPSA) is 92.4 Å². The predicted molar refractivity (Wildman–Crippen MR) is 46.5 cm³/mol. The van der Waals surface area contributed by atoms with Crippen molar-refractivity contribution in [2.24, 2.45) is 5.73 Å². The minimum Gasteiger partial charge on any atom is -0.465 e. The summed E-state index contributed by atoms with van der Waals surface area (Å²) in [5.41, 5.74) is 3.50. The van der Waals surface area contributed by atoms with Crippen molar-refractivity contribution in [3.8, 4) is 0 Å². The lowest BCUT2D eigenvalue weighted by molar-refractivity contribution is 0.0992. The lowest BCUT2D eigenvalue weighted by atomic mass is 10.1. The van der Waals surface area contributed by atoms with E-state index >= 15 is 0 Å². The Morgan fingerprint density at radius 3 is 2.07 bits per heavy atom. The fraction of sp³-hybridized carbons (Fsp3) is 0. The Morgan fingerprint density at radius 1 is 1.27 bits per heavy atom. The third kappa shape index (κ3) is 2.39. The first-order valence-electron chi connectivity index (χ1n) is 3.70. The maximum absolute atomic E-state index is 13.0. The highest BCUT2D eigenvalue weighted by molar-refractivity contribution is 5.94. The molecule has 0 bridgehead atoms. The zero-order valence-electron chi connectivity index (χ0n) is 7.25. The van der Waals surface area contributed by atoms with Crippen LogP contribution in [-0.4, -0.2) is 17.1 Å². The molecule has 0 radical (unpaired) electrons. The van der Waals surface area contributed by atoms with Gasteiger partial charge in [-0.2, -0.15) is 0 Å². The SMILES string of the molecule is NC(=O)c1c(F)cc(NC(=O)O)cc1F. The number of carbonyl (C=O) groups is 2. The molecule has 1 rings (SSSR count). The average molecular weight is 216 g/mol. The molecule has 5 nitrogen and oxygen atoms in total. The first-order chi connectivity index (χ1) is 6.91. The molecule has 0 aromatic heterocycles. The van der Waals surface area contributed by atoms with E-state index in [2.05, 4.69) is 0 Å². The average Bonchev–Trinajstić information content (AvgIpc) is 1.99. The monoisotopic (exact) mass is 216 g/mol. The van der Waals surface area contributed by atoms with Gasteiger partial charge in [0.05, 0.1) is 0 Å². The van der Waals surface area contributed by atoms with Gasteiger partial charge in [0.15, 0.2) is 0 Å². The number of primary amides is 1. The Morgan fingerprint density at radius 2 is 1.73 bits per heavy atom. The summed E-state index contributed by atoms with van der Waals surface area (Å²) in [4.78, 5) is 20.7. The molecule has 7 heteroatoms. The van der Waals surface area contributed by atoms with Gasteiger partial charge in [-0.05, 0) is 12.1 Å². The van der Waals surface area contributed by atoms with Crippen LogP contribution in [0.4, 0.5) is 19.3 Å². The van der Waals surface area contributed by atoms with Crippen molar-refractivity contribution >= 4 is 17.7 Å². The van der Waals surface area contributed by atoms with Gasteiger partial charge < -0.3 is 10.8 Å². The number of nitrogens with one attached hydrogen (secondary N) is 1. The second kappa shape index (κ2) is 3.91. The van der Waals surface area contributed by atoms with Crippen LogP contribution in [0.25, 0.3) is 0 Å². The Hall–Kier alpha value is -2.18.